The van der Waals surface area contributed by atoms with Crippen LogP contribution in [-0.2, 0) is 0 Å². The minimum Gasteiger partial charge on any atom is -0.493 e. The van der Waals surface area contributed by atoms with Crippen molar-refractivity contribution in [2.45, 2.75) is 6.04 Å². The maximum atomic E-state index is 5.67. The second-order valence-corrected chi connectivity index (χ2v) is 5.84. The van der Waals surface area contributed by atoms with Gasteiger partial charge in [0.2, 0.25) is 11.7 Å². The molecule has 0 aliphatic carbocycles. The zero-order chi connectivity index (χ0) is 18.8. The van der Waals surface area contributed by atoms with E-state index in [9.17, 15) is 0 Å². The molecule has 1 unspecified atom stereocenters. The lowest BCUT2D eigenvalue weighted by molar-refractivity contribution is 0.320. The third-order valence-corrected chi connectivity index (χ3v) is 4.43. The van der Waals surface area contributed by atoms with E-state index in [1.165, 1.54) is 6.33 Å². The van der Waals surface area contributed by atoms with E-state index in [4.69, 9.17) is 14.2 Å². The standard InChI is InChI=1S/C19H19N5O3/c1-25-16-7-6-13(17(26-2)18(16)27-3)15-9-14(12-5-4-8-20-10-12)23-19-21-11-22-24(15)19/h4-11,15H,1-3H3,(H,21,22,23). The highest BCUT2D eigenvalue weighted by Crippen LogP contribution is 2.44. The van der Waals surface area contributed by atoms with Crippen LogP contribution in [0.15, 0.2) is 49.1 Å². The first-order chi connectivity index (χ1) is 13.3. The van der Waals surface area contributed by atoms with Crippen LogP contribution in [0.25, 0.3) is 5.70 Å². The lowest BCUT2D eigenvalue weighted by Gasteiger charge is -2.26. The molecule has 0 saturated heterocycles. The number of aromatic nitrogens is 4. The van der Waals surface area contributed by atoms with Gasteiger partial charge in [0.05, 0.1) is 21.3 Å². The number of nitrogens with one attached hydrogen (secondary N) is 1. The SMILES string of the molecule is COc1ccc(C2C=C(c3cccnc3)Nc3ncnn32)c(OC)c1OC. The van der Waals surface area contributed by atoms with Gasteiger partial charge in [-0.1, -0.05) is 0 Å². The van der Waals surface area contributed by atoms with Crippen LogP contribution in [0.3, 0.4) is 0 Å². The Hall–Kier alpha value is -3.55. The van der Waals surface area contributed by atoms with Crippen molar-refractivity contribution in [3.63, 3.8) is 0 Å². The molecule has 1 aliphatic heterocycles. The van der Waals surface area contributed by atoms with E-state index in [1.807, 2.05) is 24.3 Å². The van der Waals surface area contributed by atoms with Crippen LogP contribution < -0.4 is 19.5 Å². The number of hydrogen-bond acceptors (Lipinski definition) is 7. The fourth-order valence-corrected chi connectivity index (χ4v) is 3.20. The Kier molecular flexibility index (Phi) is 4.37. The van der Waals surface area contributed by atoms with E-state index in [0.717, 1.165) is 16.8 Å². The summed E-state index contributed by atoms with van der Waals surface area (Å²) in [6.45, 7) is 0. The summed E-state index contributed by atoms with van der Waals surface area (Å²) >= 11 is 0. The van der Waals surface area contributed by atoms with Crippen molar-refractivity contribution in [1.82, 2.24) is 19.7 Å². The summed E-state index contributed by atoms with van der Waals surface area (Å²) in [6, 6.07) is 7.43. The molecule has 1 atom stereocenters. The predicted octanol–water partition coefficient (Wildman–Crippen LogP) is 2.75. The number of nitrogens with zero attached hydrogens (tertiary/aromatic N) is 4. The second kappa shape index (κ2) is 6.99. The monoisotopic (exact) mass is 365 g/mol. The Bertz CT molecular complexity index is 984. The van der Waals surface area contributed by atoms with Gasteiger partial charge in [-0.25, -0.2) is 4.68 Å². The van der Waals surface area contributed by atoms with E-state index in [2.05, 4.69) is 26.5 Å². The molecule has 0 bridgehead atoms. The van der Waals surface area contributed by atoms with E-state index in [-0.39, 0.29) is 6.04 Å². The average Bonchev–Trinajstić information content (AvgIpc) is 3.21. The minimum atomic E-state index is -0.242. The Labute approximate surface area is 156 Å². The van der Waals surface area contributed by atoms with Gasteiger partial charge in [-0.05, 0) is 30.3 Å². The zero-order valence-electron chi connectivity index (χ0n) is 15.2. The molecule has 0 fully saturated rings. The van der Waals surface area contributed by atoms with Gasteiger partial charge in [0.25, 0.3) is 0 Å². The van der Waals surface area contributed by atoms with Gasteiger partial charge in [0.15, 0.2) is 11.5 Å². The third kappa shape index (κ3) is 2.84. The molecule has 0 amide bonds. The normalized spacial score (nSPS) is 15.4. The van der Waals surface area contributed by atoms with Crippen molar-refractivity contribution >= 4 is 11.6 Å². The van der Waals surface area contributed by atoms with E-state index < -0.39 is 0 Å². The van der Waals surface area contributed by atoms with Crippen LogP contribution in [0.1, 0.15) is 17.2 Å². The van der Waals surface area contributed by atoms with Gasteiger partial charge < -0.3 is 19.5 Å². The molecular formula is C19H19N5O3. The summed E-state index contributed by atoms with van der Waals surface area (Å²) in [5.41, 5.74) is 2.73. The van der Waals surface area contributed by atoms with Crippen LogP contribution in [-0.4, -0.2) is 41.1 Å². The van der Waals surface area contributed by atoms with E-state index in [0.29, 0.717) is 23.2 Å². The number of allylic oxidation sites excluding steroid dienone is 1. The Morgan fingerprint density at radius 1 is 1.04 bits per heavy atom. The first-order valence-corrected chi connectivity index (χ1v) is 8.34. The minimum absolute atomic E-state index is 0.242. The van der Waals surface area contributed by atoms with E-state index in [1.54, 1.807) is 38.4 Å². The highest BCUT2D eigenvalue weighted by Gasteiger charge is 2.28. The highest BCUT2D eigenvalue weighted by atomic mass is 16.5. The zero-order valence-corrected chi connectivity index (χ0v) is 15.2. The summed E-state index contributed by atoms with van der Waals surface area (Å²) in [7, 11) is 4.79. The lowest BCUT2D eigenvalue weighted by atomic mass is 10.0. The Balaban J connectivity index is 1.89. The van der Waals surface area contributed by atoms with Crippen molar-refractivity contribution in [3.8, 4) is 17.2 Å². The van der Waals surface area contributed by atoms with Gasteiger partial charge in [-0.2, -0.15) is 10.1 Å². The largest absolute Gasteiger partial charge is 0.493 e. The number of pyridine rings is 1. The molecule has 0 radical (unpaired) electrons. The predicted molar refractivity (Wildman–Crippen MR) is 100 cm³/mol. The van der Waals surface area contributed by atoms with Crippen LogP contribution in [0.5, 0.6) is 17.2 Å². The van der Waals surface area contributed by atoms with Gasteiger partial charge >= 0.3 is 0 Å². The summed E-state index contributed by atoms with van der Waals surface area (Å²) in [4.78, 5) is 8.52. The van der Waals surface area contributed by atoms with E-state index >= 15 is 0 Å². The molecule has 2 aromatic heterocycles. The van der Waals surface area contributed by atoms with Crippen molar-refractivity contribution < 1.29 is 14.2 Å². The fraction of sp³-hybridized carbons (Fsp3) is 0.211. The molecule has 4 rings (SSSR count). The quantitative estimate of drug-likeness (QED) is 0.744. The Morgan fingerprint density at radius 2 is 1.89 bits per heavy atom. The third-order valence-electron chi connectivity index (χ3n) is 4.43. The van der Waals surface area contributed by atoms with Crippen LogP contribution >= 0.6 is 0 Å². The summed E-state index contributed by atoms with van der Waals surface area (Å²) < 4.78 is 18.4. The number of rotatable bonds is 5. The lowest BCUT2D eigenvalue weighted by Crippen LogP contribution is -2.21. The van der Waals surface area contributed by atoms with Gasteiger partial charge in [0, 0.05) is 29.2 Å². The molecule has 3 aromatic rings. The first-order valence-electron chi connectivity index (χ1n) is 8.34. The molecule has 27 heavy (non-hydrogen) atoms. The molecule has 1 aliphatic rings. The van der Waals surface area contributed by atoms with Crippen molar-refractivity contribution in [2.75, 3.05) is 26.6 Å². The molecule has 8 heteroatoms. The van der Waals surface area contributed by atoms with Crippen molar-refractivity contribution in [2.24, 2.45) is 0 Å². The number of anilines is 1. The molecular weight excluding hydrogens is 346 g/mol. The summed E-state index contributed by atoms with van der Waals surface area (Å²) in [5.74, 6) is 2.36. The highest BCUT2D eigenvalue weighted by molar-refractivity contribution is 5.77. The maximum Gasteiger partial charge on any atom is 0.226 e. The van der Waals surface area contributed by atoms with Crippen molar-refractivity contribution in [3.05, 3.63) is 60.2 Å². The smallest absolute Gasteiger partial charge is 0.226 e. The van der Waals surface area contributed by atoms with Gasteiger partial charge in [0.1, 0.15) is 12.4 Å². The fourth-order valence-electron chi connectivity index (χ4n) is 3.20. The van der Waals surface area contributed by atoms with Crippen LogP contribution in [0.2, 0.25) is 0 Å². The number of fused-ring (bicyclic) bond motifs is 1. The number of benzene rings is 1. The second-order valence-electron chi connectivity index (χ2n) is 5.84. The molecule has 1 aromatic carbocycles. The van der Waals surface area contributed by atoms with Gasteiger partial charge in [-0.3, -0.25) is 4.98 Å². The molecule has 1 N–H and O–H groups in total. The Morgan fingerprint density at radius 3 is 2.59 bits per heavy atom. The van der Waals surface area contributed by atoms with Crippen molar-refractivity contribution in [1.29, 1.82) is 0 Å². The number of ether oxygens (including phenoxy) is 3. The molecule has 0 saturated carbocycles. The average molecular weight is 365 g/mol. The number of methoxy groups -OCH3 is 3. The maximum absolute atomic E-state index is 5.67. The molecule has 0 spiro atoms. The topological polar surface area (TPSA) is 83.3 Å². The summed E-state index contributed by atoms with van der Waals surface area (Å²) in [6.07, 6.45) is 7.11. The van der Waals surface area contributed by atoms with Crippen LogP contribution in [0, 0.1) is 0 Å². The molecule has 138 valence electrons. The van der Waals surface area contributed by atoms with Crippen LogP contribution in [0.4, 0.5) is 5.95 Å². The van der Waals surface area contributed by atoms with Gasteiger partial charge in [-0.15, -0.1) is 0 Å². The first kappa shape index (κ1) is 16.9. The molecule has 8 nitrogen and oxygen atoms in total. The number of hydrogen-bond donors (Lipinski definition) is 1. The molecule has 3 heterocycles. The summed E-state index contributed by atoms with van der Waals surface area (Å²) in [5, 5.41) is 7.67.